The van der Waals surface area contributed by atoms with Gasteiger partial charge in [-0.15, -0.1) is 0 Å². The third-order valence-electron chi connectivity index (χ3n) is 3.79. The van der Waals surface area contributed by atoms with Crippen LogP contribution in [0.5, 0.6) is 0 Å². The molecular formula is C16H21NO4. The first-order valence-electron chi connectivity index (χ1n) is 7.26. The Bertz CT molecular complexity index is 488. The number of carboxylic acid groups (broad SMARTS) is 1. The molecule has 1 aromatic carbocycles. The van der Waals surface area contributed by atoms with Gasteiger partial charge in [0.1, 0.15) is 6.61 Å². The van der Waals surface area contributed by atoms with Gasteiger partial charge in [0.2, 0.25) is 5.91 Å². The van der Waals surface area contributed by atoms with Crippen LogP contribution in [0.3, 0.4) is 0 Å². The summed E-state index contributed by atoms with van der Waals surface area (Å²) in [6.07, 6.45) is 0.859. The van der Waals surface area contributed by atoms with E-state index in [2.05, 4.69) is 0 Å². The lowest BCUT2D eigenvalue weighted by molar-refractivity contribution is -0.142. The Morgan fingerprint density at radius 2 is 2.00 bits per heavy atom. The van der Waals surface area contributed by atoms with E-state index in [0.29, 0.717) is 13.2 Å². The molecule has 5 heteroatoms. The molecule has 1 aromatic rings. The number of likely N-dealkylation sites (tertiary alicyclic amines) is 1. The highest BCUT2D eigenvalue weighted by Crippen LogP contribution is 2.32. The maximum absolute atomic E-state index is 12.1. The van der Waals surface area contributed by atoms with Crippen molar-refractivity contribution < 1.29 is 19.4 Å². The van der Waals surface area contributed by atoms with Gasteiger partial charge in [-0.05, 0) is 12.0 Å². The Balaban J connectivity index is 2.05. The molecule has 1 N–H and O–H groups in total. The van der Waals surface area contributed by atoms with Crippen molar-refractivity contribution in [3.05, 3.63) is 35.9 Å². The Labute approximate surface area is 124 Å². The highest BCUT2D eigenvalue weighted by atomic mass is 16.5. The van der Waals surface area contributed by atoms with Crippen LogP contribution in [0.4, 0.5) is 0 Å². The van der Waals surface area contributed by atoms with Crippen molar-refractivity contribution >= 4 is 11.9 Å². The summed E-state index contributed by atoms with van der Waals surface area (Å²) in [6.45, 7) is 3.25. The fraction of sp³-hybridized carbons (Fsp3) is 0.500. The molecule has 1 amide bonds. The van der Waals surface area contributed by atoms with Gasteiger partial charge in [0.15, 0.2) is 0 Å². The van der Waals surface area contributed by atoms with Crippen molar-refractivity contribution in [1.82, 2.24) is 4.90 Å². The first-order valence-corrected chi connectivity index (χ1v) is 7.26. The van der Waals surface area contributed by atoms with Crippen LogP contribution in [-0.4, -0.2) is 48.2 Å². The molecule has 21 heavy (non-hydrogen) atoms. The minimum atomic E-state index is -0.853. The molecule has 2 atom stereocenters. The van der Waals surface area contributed by atoms with Crippen molar-refractivity contribution in [2.24, 2.45) is 5.92 Å². The average molecular weight is 291 g/mol. The van der Waals surface area contributed by atoms with Crippen molar-refractivity contribution in [2.45, 2.75) is 19.3 Å². The van der Waals surface area contributed by atoms with E-state index in [1.807, 2.05) is 37.3 Å². The average Bonchev–Trinajstić information content (AvgIpc) is 2.94. The standard InChI is InChI=1S/C16H21NO4/c1-2-8-21-11-15(18)17-9-13(14(10-17)16(19)20)12-6-4-3-5-7-12/h3-7,13-14H,2,8-11H2,1H3,(H,19,20)/t13-,14-/m0/s1. The lowest BCUT2D eigenvalue weighted by Crippen LogP contribution is -2.33. The molecule has 1 fully saturated rings. The van der Waals surface area contributed by atoms with E-state index in [1.54, 1.807) is 4.90 Å². The van der Waals surface area contributed by atoms with Crippen LogP contribution >= 0.6 is 0 Å². The molecule has 2 rings (SSSR count). The van der Waals surface area contributed by atoms with Crippen molar-refractivity contribution in [2.75, 3.05) is 26.3 Å². The molecule has 0 saturated carbocycles. The van der Waals surface area contributed by atoms with Crippen molar-refractivity contribution in [1.29, 1.82) is 0 Å². The summed E-state index contributed by atoms with van der Waals surface area (Å²) >= 11 is 0. The summed E-state index contributed by atoms with van der Waals surface area (Å²) in [7, 11) is 0. The smallest absolute Gasteiger partial charge is 0.308 e. The second kappa shape index (κ2) is 7.22. The van der Waals surface area contributed by atoms with Crippen LogP contribution in [-0.2, 0) is 14.3 Å². The molecule has 0 radical (unpaired) electrons. The first kappa shape index (κ1) is 15.5. The normalized spacial score (nSPS) is 21.5. The number of carbonyl (C=O) groups excluding carboxylic acids is 1. The predicted octanol–water partition coefficient (Wildman–Crippen LogP) is 1.74. The molecule has 1 aliphatic heterocycles. The highest BCUT2D eigenvalue weighted by Gasteiger charge is 2.40. The summed E-state index contributed by atoms with van der Waals surface area (Å²) in [5.41, 5.74) is 0.967. The van der Waals surface area contributed by atoms with Gasteiger partial charge in [0, 0.05) is 25.6 Å². The van der Waals surface area contributed by atoms with Crippen LogP contribution in [0.2, 0.25) is 0 Å². The number of rotatable bonds is 6. The number of aliphatic carboxylic acids is 1. The lowest BCUT2D eigenvalue weighted by Gasteiger charge is -2.16. The first-order chi connectivity index (χ1) is 10.1. The van der Waals surface area contributed by atoms with E-state index in [0.717, 1.165) is 12.0 Å². The molecule has 1 saturated heterocycles. The quantitative estimate of drug-likeness (QED) is 0.811. The van der Waals surface area contributed by atoms with Gasteiger partial charge >= 0.3 is 5.97 Å². The number of carbonyl (C=O) groups is 2. The number of hydrogen-bond acceptors (Lipinski definition) is 3. The highest BCUT2D eigenvalue weighted by molar-refractivity contribution is 5.80. The van der Waals surface area contributed by atoms with E-state index in [9.17, 15) is 14.7 Å². The molecule has 114 valence electrons. The van der Waals surface area contributed by atoms with E-state index in [1.165, 1.54) is 0 Å². The summed E-state index contributed by atoms with van der Waals surface area (Å²) < 4.78 is 5.26. The predicted molar refractivity (Wildman–Crippen MR) is 78.0 cm³/mol. The zero-order chi connectivity index (χ0) is 15.2. The monoisotopic (exact) mass is 291 g/mol. The molecule has 5 nitrogen and oxygen atoms in total. The zero-order valence-corrected chi connectivity index (χ0v) is 12.2. The minimum Gasteiger partial charge on any atom is -0.481 e. The molecular weight excluding hydrogens is 270 g/mol. The van der Waals surface area contributed by atoms with E-state index in [4.69, 9.17) is 4.74 Å². The zero-order valence-electron chi connectivity index (χ0n) is 12.2. The summed E-state index contributed by atoms with van der Waals surface area (Å²) in [4.78, 5) is 25.1. The van der Waals surface area contributed by atoms with Crippen molar-refractivity contribution in [3.8, 4) is 0 Å². The van der Waals surface area contributed by atoms with Crippen LogP contribution < -0.4 is 0 Å². The fourth-order valence-electron chi connectivity index (χ4n) is 2.69. The summed E-state index contributed by atoms with van der Waals surface area (Å²) in [5, 5.41) is 9.39. The lowest BCUT2D eigenvalue weighted by atomic mass is 9.89. The number of carboxylic acids is 1. The Morgan fingerprint density at radius 3 is 2.62 bits per heavy atom. The second-order valence-corrected chi connectivity index (χ2v) is 5.31. The Morgan fingerprint density at radius 1 is 1.29 bits per heavy atom. The Kier molecular flexibility index (Phi) is 5.33. The second-order valence-electron chi connectivity index (χ2n) is 5.31. The van der Waals surface area contributed by atoms with E-state index < -0.39 is 11.9 Å². The number of benzene rings is 1. The summed E-state index contributed by atoms with van der Waals surface area (Å²) in [5.74, 6) is -1.69. The SMILES string of the molecule is CCCOCC(=O)N1C[C@H](C(=O)O)[C@H](c2ccccc2)C1. The minimum absolute atomic E-state index is 0.0295. The number of amides is 1. The van der Waals surface area contributed by atoms with Crippen molar-refractivity contribution in [3.63, 3.8) is 0 Å². The maximum Gasteiger partial charge on any atom is 0.308 e. The van der Waals surface area contributed by atoms with Gasteiger partial charge in [-0.25, -0.2) is 0 Å². The van der Waals surface area contributed by atoms with Gasteiger partial charge in [-0.3, -0.25) is 9.59 Å². The molecule has 1 heterocycles. The topological polar surface area (TPSA) is 66.8 Å². The van der Waals surface area contributed by atoms with Gasteiger partial charge in [0.25, 0.3) is 0 Å². The molecule has 0 aromatic heterocycles. The van der Waals surface area contributed by atoms with Gasteiger partial charge in [0.05, 0.1) is 5.92 Å². The van der Waals surface area contributed by atoms with Crippen LogP contribution in [0.1, 0.15) is 24.8 Å². The number of nitrogens with zero attached hydrogens (tertiary/aromatic N) is 1. The van der Waals surface area contributed by atoms with Gasteiger partial charge < -0.3 is 14.7 Å². The molecule has 0 aliphatic carbocycles. The molecule has 0 spiro atoms. The molecule has 1 aliphatic rings. The van der Waals surface area contributed by atoms with Gasteiger partial charge in [-0.2, -0.15) is 0 Å². The third kappa shape index (κ3) is 3.82. The Hall–Kier alpha value is -1.88. The molecule has 0 unspecified atom stereocenters. The molecule has 0 bridgehead atoms. The number of hydrogen-bond donors (Lipinski definition) is 1. The van der Waals surface area contributed by atoms with E-state index >= 15 is 0 Å². The summed E-state index contributed by atoms with van der Waals surface area (Å²) in [6, 6.07) is 9.52. The largest absolute Gasteiger partial charge is 0.481 e. The fourth-order valence-corrected chi connectivity index (χ4v) is 2.69. The third-order valence-corrected chi connectivity index (χ3v) is 3.79. The number of ether oxygens (including phenoxy) is 1. The van der Waals surface area contributed by atoms with Gasteiger partial charge in [-0.1, -0.05) is 37.3 Å². The van der Waals surface area contributed by atoms with E-state index in [-0.39, 0.29) is 25.0 Å². The van der Waals surface area contributed by atoms with Crippen LogP contribution in [0.25, 0.3) is 0 Å². The van der Waals surface area contributed by atoms with Crippen LogP contribution in [0, 0.1) is 5.92 Å². The van der Waals surface area contributed by atoms with Crippen LogP contribution in [0.15, 0.2) is 30.3 Å². The maximum atomic E-state index is 12.1.